The Kier molecular flexibility index (Phi) is 2.72. The molecule has 2 rings (SSSR count). The Morgan fingerprint density at radius 2 is 2.31 bits per heavy atom. The van der Waals surface area contributed by atoms with Gasteiger partial charge in [-0.3, -0.25) is 14.9 Å². The van der Waals surface area contributed by atoms with Crippen LogP contribution in [-0.4, -0.2) is 22.8 Å². The number of piperidine rings is 1. The zero-order chi connectivity index (χ0) is 11.5. The van der Waals surface area contributed by atoms with Crippen LogP contribution in [0.2, 0.25) is 0 Å². The van der Waals surface area contributed by atoms with Gasteiger partial charge >= 0.3 is 0 Å². The van der Waals surface area contributed by atoms with Gasteiger partial charge in [-0.25, -0.2) is 4.98 Å². The van der Waals surface area contributed by atoms with Crippen LogP contribution in [0.15, 0.2) is 18.3 Å². The average molecular weight is 220 g/mol. The maximum absolute atomic E-state index is 11.5. The predicted molar refractivity (Wildman–Crippen MR) is 58.4 cm³/mol. The lowest BCUT2D eigenvalue weighted by Gasteiger charge is -2.22. The highest BCUT2D eigenvalue weighted by atomic mass is 16.2. The summed E-state index contributed by atoms with van der Waals surface area (Å²) in [5, 5.41) is 5.28. The van der Waals surface area contributed by atoms with E-state index in [0.717, 1.165) is 5.69 Å². The van der Waals surface area contributed by atoms with E-state index >= 15 is 0 Å². The van der Waals surface area contributed by atoms with Crippen LogP contribution in [0.4, 0.5) is 11.5 Å². The van der Waals surface area contributed by atoms with Crippen LogP contribution < -0.4 is 16.4 Å². The first-order valence-corrected chi connectivity index (χ1v) is 4.97. The normalized spacial score (nSPS) is 20.4. The maximum atomic E-state index is 11.5. The molecule has 6 heteroatoms. The van der Waals surface area contributed by atoms with Gasteiger partial charge in [0.15, 0.2) is 0 Å². The van der Waals surface area contributed by atoms with Crippen LogP contribution in [-0.2, 0) is 9.59 Å². The molecule has 6 nitrogen and oxygen atoms in total. The molecule has 1 aliphatic rings. The number of nitrogens with zero attached hydrogens (tertiary/aromatic N) is 1. The SMILES string of the molecule is Nc1cc(NC2CCC(=O)NC2=O)ccn1. The summed E-state index contributed by atoms with van der Waals surface area (Å²) in [6, 6.07) is 2.98. The number of carbonyl (C=O) groups excluding carboxylic acids is 2. The summed E-state index contributed by atoms with van der Waals surface area (Å²) in [5.41, 5.74) is 6.24. The number of rotatable bonds is 2. The van der Waals surface area contributed by atoms with Crippen molar-refractivity contribution in [3.05, 3.63) is 18.3 Å². The van der Waals surface area contributed by atoms with Crippen molar-refractivity contribution in [3.8, 4) is 0 Å². The van der Waals surface area contributed by atoms with Gasteiger partial charge in [0.2, 0.25) is 11.8 Å². The second-order valence-electron chi connectivity index (χ2n) is 3.62. The largest absolute Gasteiger partial charge is 0.384 e. The fourth-order valence-corrected chi connectivity index (χ4v) is 1.57. The number of nitrogens with one attached hydrogen (secondary N) is 2. The number of carbonyl (C=O) groups is 2. The van der Waals surface area contributed by atoms with Gasteiger partial charge in [-0.15, -0.1) is 0 Å². The summed E-state index contributed by atoms with van der Waals surface area (Å²) >= 11 is 0. The summed E-state index contributed by atoms with van der Waals surface area (Å²) in [6.07, 6.45) is 2.40. The highest BCUT2D eigenvalue weighted by Crippen LogP contribution is 2.14. The molecule has 0 spiro atoms. The molecule has 2 heterocycles. The first-order chi connectivity index (χ1) is 7.65. The molecule has 0 bridgehead atoms. The third-order valence-corrected chi connectivity index (χ3v) is 2.36. The Hall–Kier alpha value is -2.11. The minimum absolute atomic E-state index is 0.225. The third kappa shape index (κ3) is 2.28. The summed E-state index contributed by atoms with van der Waals surface area (Å²) in [4.78, 5) is 26.2. The molecular formula is C10H12N4O2. The minimum Gasteiger partial charge on any atom is -0.384 e. The predicted octanol–water partition coefficient (Wildman–Crippen LogP) is -0.119. The molecule has 0 aliphatic carbocycles. The number of hydrogen-bond acceptors (Lipinski definition) is 5. The Morgan fingerprint density at radius 3 is 3.00 bits per heavy atom. The molecule has 1 unspecified atom stereocenters. The fraction of sp³-hybridized carbons (Fsp3) is 0.300. The van der Waals surface area contributed by atoms with Gasteiger partial charge in [-0.2, -0.15) is 0 Å². The van der Waals surface area contributed by atoms with E-state index in [0.29, 0.717) is 18.7 Å². The van der Waals surface area contributed by atoms with Crippen LogP contribution in [0.25, 0.3) is 0 Å². The number of nitrogens with two attached hydrogens (primary N) is 1. The van der Waals surface area contributed by atoms with Crippen molar-refractivity contribution < 1.29 is 9.59 Å². The number of imide groups is 1. The van der Waals surface area contributed by atoms with Gasteiger partial charge < -0.3 is 11.1 Å². The Morgan fingerprint density at radius 1 is 1.50 bits per heavy atom. The van der Waals surface area contributed by atoms with Crippen molar-refractivity contribution in [2.24, 2.45) is 0 Å². The van der Waals surface area contributed by atoms with E-state index in [1.54, 1.807) is 18.3 Å². The van der Waals surface area contributed by atoms with Crippen molar-refractivity contribution in [2.75, 3.05) is 11.1 Å². The van der Waals surface area contributed by atoms with E-state index in [1.165, 1.54) is 0 Å². The zero-order valence-electron chi connectivity index (χ0n) is 8.56. The van der Waals surface area contributed by atoms with Crippen molar-refractivity contribution >= 4 is 23.3 Å². The van der Waals surface area contributed by atoms with Gasteiger partial charge in [0.1, 0.15) is 11.9 Å². The zero-order valence-corrected chi connectivity index (χ0v) is 8.56. The number of anilines is 2. The molecule has 16 heavy (non-hydrogen) atoms. The minimum atomic E-state index is -0.389. The van der Waals surface area contributed by atoms with Crippen LogP contribution in [0.5, 0.6) is 0 Å². The monoisotopic (exact) mass is 220 g/mol. The quantitative estimate of drug-likeness (QED) is 0.604. The lowest BCUT2D eigenvalue weighted by Crippen LogP contribution is -2.47. The van der Waals surface area contributed by atoms with Crippen molar-refractivity contribution in [1.29, 1.82) is 0 Å². The smallest absolute Gasteiger partial charge is 0.249 e. The van der Waals surface area contributed by atoms with Crippen LogP contribution in [0.1, 0.15) is 12.8 Å². The van der Waals surface area contributed by atoms with Crippen molar-refractivity contribution in [1.82, 2.24) is 10.3 Å². The molecule has 1 aromatic heterocycles. The summed E-state index contributed by atoms with van der Waals surface area (Å²) in [5.74, 6) is -0.138. The molecular weight excluding hydrogens is 208 g/mol. The van der Waals surface area contributed by atoms with E-state index in [4.69, 9.17) is 5.73 Å². The molecule has 1 saturated heterocycles. The molecule has 0 saturated carbocycles. The topological polar surface area (TPSA) is 97.1 Å². The van der Waals surface area contributed by atoms with Crippen molar-refractivity contribution in [3.63, 3.8) is 0 Å². The van der Waals surface area contributed by atoms with Gasteiger partial charge in [0.05, 0.1) is 0 Å². The van der Waals surface area contributed by atoms with Gasteiger partial charge in [-0.1, -0.05) is 0 Å². The van der Waals surface area contributed by atoms with E-state index in [-0.39, 0.29) is 17.9 Å². The second-order valence-corrected chi connectivity index (χ2v) is 3.62. The maximum Gasteiger partial charge on any atom is 0.249 e. The first-order valence-electron chi connectivity index (χ1n) is 4.97. The van der Waals surface area contributed by atoms with Gasteiger partial charge in [0.25, 0.3) is 0 Å². The Bertz CT molecular complexity index is 433. The number of nitrogen functional groups attached to an aromatic ring is 1. The Labute approximate surface area is 92.2 Å². The molecule has 1 fully saturated rings. The third-order valence-electron chi connectivity index (χ3n) is 2.36. The Balaban J connectivity index is 2.05. The van der Waals surface area contributed by atoms with E-state index in [9.17, 15) is 9.59 Å². The molecule has 1 atom stereocenters. The number of aromatic nitrogens is 1. The molecule has 0 aromatic carbocycles. The van der Waals surface area contributed by atoms with Gasteiger partial charge in [0, 0.05) is 24.4 Å². The summed E-state index contributed by atoms with van der Waals surface area (Å²) in [7, 11) is 0. The highest BCUT2D eigenvalue weighted by molar-refractivity contribution is 6.01. The highest BCUT2D eigenvalue weighted by Gasteiger charge is 2.26. The van der Waals surface area contributed by atoms with Crippen LogP contribution in [0, 0.1) is 0 Å². The average Bonchev–Trinajstić information content (AvgIpc) is 2.22. The lowest BCUT2D eigenvalue weighted by atomic mass is 10.1. The van der Waals surface area contributed by atoms with Crippen LogP contribution in [0.3, 0.4) is 0 Å². The van der Waals surface area contributed by atoms with E-state index < -0.39 is 0 Å². The molecule has 0 radical (unpaired) electrons. The lowest BCUT2D eigenvalue weighted by molar-refractivity contribution is -0.133. The number of hydrogen-bond donors (Lipinski definition) is 3. The summed E-state index contributed by atoms with van der Waals surface area (Å²) < 4.78 is 0. The number of amides is 2. The van der Waals surface area contributed by atoms with Crippen LogP contribution >= 0.6 is 0 Å². The molecule has 84 valence electrons. The standard InChI is InChI=1S/C10H12N4O2/c11-8-5-6(3-4-12-8)13-7-1-2-9(15)14-10(7)16/h3-5,7H,1-2H2,(H3,11,12,13)(H,14,15,16). The molecule has 1 aliphatic heterocycles. The molecule has 4 N–H and O–H groups in total. The first kappa shape index (κ1) is 10.4. The molecule has 1 aromatic rings. The van der Waals surface area contributed by atoms with Gasteiger partial charge in [-0.05, 0) is 12.5 Å². The van der Waals surface area contributed by atoms with E-state index in [1.807, 2.05) is 0 Å². The summed E-state index contributed by atoms with van der Waals surface area (Å²) in [6.45, 7) is 0. The second kappa shape index (κ2) is 4.18. The number of pyridine rings is 1. The fourth-order valence-electron chi connectivity index (χ4n) is 1.57. The molecule has 2 amide bonds. The van der Waals surface area contributed by atoms with E-state index in [2.05, 4.69) is 15.6 Å². The van der Waals surface area contributed by atoms with Crippen molar-refractivity contribution in [2.45, 2.75) is 18.9 Å².